The molecule has 0 saturated heterocycles. The Morgan fingerprint density at radius 2 is 0.769 bits per heavy atom. The van der Waals surface area contributed by atoms with E-state index in [-0.39, 0.29) is 37.9 Å². The number of allylic oxidation sites excluding steroid dienone is 2. The zero-order chi connectivity index (χ0) is 52.4. The Hall–Kier alpha value is -1.12. The molecule has 2 nitrogen and oxygen atoms in total. The number of unbranched alkanes of at least 4 members (excludes halogenated alkanes) is 7. The van der Waals surface area contributed by atoms with E-state index in [0.29, 0.717) is 33.9 Å². The van der Waals surface area contributed by atoms with Gasteiger partial charge in [-0.05, 0) is 79.5 Å². The van der Waals surface area contributed by atoms with Gasteiger partial charge in [-0.15, -0.1) is 13.2 Å². The van der Waals surface area contributed by atoms with E-state index in [1.165, 1.54) is 6.42 Å². The van der Waals surface area contributed by atoms with Gasteiger partial charge in [0.15, 0.2) is 0 Å². The first-order valence-corrected chi connectivity index (χ1v) is 23.6. The van der Waals surface area contributed by atoms with E-state index in [2.05, 4.69) is 13.2 Å². The Kier molecular flexibility index (Phi) is 41.3. The molecule has 65 heavy (non-hydrogen) atoms. The lowest BCUT2D eigenvalue weighted by atomic mass is 9.94. The molecule has 0 aliphatic rings. The van der Waals surface area contributed by atoms with Gasteiger partial charge in [0.2, 0.25) is 0 Å². The van der Waals surface area contributed by atoms with Gasteiger partial charge in [0.05, 0.1) is 0 Å². The van der Waals surface area contributed by atoms with E-state index in [0.717, 1.165) is 51.4 Å². The Bertz CT molecular complexity index is 1140. The van der Waals surface area contributed by atoms with E-state index >= 15 is 0 Å². The molecule has 0 fully saturated rings. The van der Waals surface area contributed by atoms with Crippen LogP contribution in [0.1, 0.15) is 156 Å². The largest absolute Gasteiger partial charge is 0.453 e. The summed E-state index contributed by atoms with van der Waals surface area (Å²) in [6, 6.07) is 0. The molecule has 0 aliphatic carbocycles. The Morgan fingerprint density at radius 3 is 1.05 bits per heavy atom. The standard InChI is InChI=1S/C15H23F5O.C10H18O.C6H9F5.2C5H6F5I/c1-3-4-5-6-7-10-13(21)12(2)9-8-11-14(16,17)15(18,19)20;1-3-5-6-7-8-9-10(11)4-2;1-2-3-4-5(7,8)6(9,10)11;2*6-4(7,2-1-3-11)5(8,9)10/h3,12H,1,4-11H2,2H3;3H,1,4-9H2,2H3;2-4H2,1H3;2*1-3H2. The fourth-order valence-corrected chi connectivity index (χ4v) is 5.07. The van der Waals surface area contributed by atoms with Crippen molar-refractivity contribution in [3.05, 3.63) is 25.3 Å². The van der Waals surface area contributed by atoms with Gasteiger partial charge in [-0.1, -0.05) is 97.4 Å². The summed E-state index contributed by atoms with van der Waals surface area (Å²) in [5.41, 5.74) is 0. The summed E-state index contributed by atoms with van der Waals surface area (Å²) >= 11 is 3.51. The van der Waals surface area contributed by atoms with Crippen molar-refractivity contribution in [1.82, 2.24) is 0 Å². The first kappa shape index (κ1) is 72.9. The minimum absolute atomic E-state index is 0.0658. The molecule has 1 atom stereocenters. The van der Waals surface area contributed by atoms with Crippen LogP contribution in [0.2, 0.25) is 0 Å². The zero-order valence-corrected chi connectivity index (χ0v) is 40.9. The van der Waals surface area contributed by atoms with Crippen molar-refractivity contribution in [3.8, 4) is 0 Å². The number of hydrogen-bond donors (Lipinski definition) is 0. The fourth-order valence-electron chi connectivity index (χ4n) is 4.31. The average Bonchev–Trinajstić information content (AvgIpc) is 3.17. The molecular weight excluding hydrogens is 1160 g/mol. The number of alkyl halides is 22. The van der Waals surface area contributed by atoms with Crippen molar-refractivity contribution in [2.45, 2.75) is 204 Å². The summed E-state index contributed by atoms with van der Waals surface area (Å²) in [6.07, 6.45) is -13.0. The normalized spacial score (nSPS) is 13.1. The lowest BCUT2D eigenvalue weighted by molar-refractivity contribution is -0.284. The first-order valence-electron chi connectivity index (χ1n) is 20.5. The number of carbonyl (C=O) groups is 2. The van der Waals surface area contributed by atoms with Gasteiger partial charge in [0.25, 0.3) is 0 Å². The third-order valence-electron chi connectivity index (χ3n) is 8.52. The summed E-state index contributed by atoms with van der Waals surface area (Å²) in [7, 11) is 0. The first-order chi connectivity index (χ1) is 29.4. The molecule has 0 rings (SSSR count). The summed E-state index contributed by atoms with van der Waals surface area (Å²) in [5.74, 6) is -18.3. The maximum Gasteiger partial charge on any atom is 0.453 e. The zero-order valence-electron chi connectivity index (χ0n) is 36.5. The van der Waals surface area contributed by atoms with Crippen molar-refractivity contribution in [2.24, 2.45) is 5.92 Å². The van der Waals surface area contributed by atoms with Crippen molar-refractivity contribution < 1.29 is 97.4 Å². The van der Waals surface area contributed by atoms with Gasteiger partial charge in [-0.25, -0.2) is 0 Å². The summed E-state index contributed by atoms with van der Waals surface area (Å²) in [4.78, 5) is 22.5. The van der Waals surface area contributed by atoms with Crippen LogP contribution in [0.3, 0.4) is 0 Å². The van der Waals surface area contributed by atoms with Crippen LogP contribution < -0.4 is 0 Å². The Balaban J connectivity index is -0.000000239. The number of carbonyl (C=O) groups excluding carboxylic acids is 2. The molecule has 392 valence electrons. The quantitative estimate of drug-likeness (QED) is 0.0270. The maximum atomic E-state index is 12.7. The molecule has 24 heteroatoms. The van der Waals surface area contributed by atoms with Gasteiger partial charge in [-0.2, -0.15) is 87.8 Å². The molecule has 0 aromatic heterocycles. The number of hydrogen-bond acceptors (Lipinski definition) is 2. The molecular formula is C41H62F20I2O2. The molecule has 0 bridgehead atoms. The van der Waals surface area contributed by atoms with Gasteiger partial charge in [0, 0.05) is 50.9 Å². The third-order valence-corrected chi connectivity index (χ3v) is 10.0. The molecule has 0 aromatic carbocycles. The highest BCUT2D eigenvalue weighted by Crippen LogP contribution is 2.41. The molecule has 0 saturated carbocycles. The molecule has 0 N–H and O–H groups in total. The Labute approximate surface area is 396 Å². The second kappa shape index (κ2) is 36.8. The highest BCUT2D eigenvalue weighted by molar-refractivity contribution is 14.1. The molecule has 0 aromatic rings. The predicted molar refractivity (Wildman–Crippen MR) is 230 cm³/mol. The predicted octanol–water partition coefficient (Wildman–Crippen LogP) is 19.0. The van der Waals surface area contributed by atoms with Crippen LogP contribution in [0.4, 0.5) is 87.8 Å². The lowest BCUT2D eigenvalue weighted by Crippen LogP contribution is -2.36. The third kappa shape index (κ3) is 39.4. The van der Waals surface area contributed by atoms with Crippen molar-refractivity contribution in [1.29, 1.82) is 0 Å². The topological polar surface area (TPSA) is 34.1 Å². The van der Waals surface area contributed by atoms with E-state index in [4.69, 9.17) is 0 Å². The number of Topliss-reactive ketones (excluding diaryl/α,β-unsaturated/α-hetero) is 2. The maximum absolute atomic E-state index is 12.7. The minimum atomic E-state index is -5.51. The molecule has 0 aliphatic heterocycles. The van der Waals surface area contributed by atoms with Crippen molar-refractivity contribution in [3.63, 3.8) is 0 Å². The van der Waals surface area contributed by atoms with Gasteiger partial charge < -0.3 is 0 Å². The minimum Gasteiger partial charge on any atom is -0.300 e. The molecule has 0 amide bonds. The molecule has 0 radical (unpaired) electrons. The van der Waals surface area contributed by atoms with Gasteiger partial charge in [0.1, 0.15) is 11.6 Å². The van der Waals surface area contributed by atoms with Crippen LogP contribution in [-0.2, 0) is 9.59 Å². The highest BCUT2D eigenvalue weighted by atomic mass is 127. The molecule has 0 spiro atoms. The second-order valence-corrected chi connectivity index (χ2v) is 16.6. The Morgan fingerprint density at radius 1 is 0.462 bits per heavy atom. The van der Waals surface area contributed by atoms with Crippen LogP contribution >= 0.6 is 45.2 Å². The number of halogens is 22. The second-order valence-electron chi connectivity index (χ2n) is 14.4. The van der Waals surface area contributed by atoms with Crippen LogP contribution in [-0.4, -0.2) is 68.8 Å². The highest BCUT2D eigenvalue weighted by Gasteiger charge is 2.58. The summed E-state index contributed by atoms with van der Waals surface area (Å²) in [5, 5.41) is 0. The van der Waals surface area contributed by atoms with E-state index < -0.39 is 80.0 Å². The molecule has 1 unspecified atom stereocenters. The smallest absolute Gasteiger partial charge is 0.300 e. The van der Waals surface area contributed by atoms with E-state index in [1.807, 2.05) is 13.0 Å². The van der Waals surface area contributed by atoms with Crippen LogP contribution in [0.5, 0.6) is 0 Å². The van der Waals surface area contributed by atoms with Crippen LogP contribution in [0.25, 0.3) is 0 Å². The van der Waals surface area contributed by atoms with Crippen molar-refractivity contribution in [2.75, 3.05) is 8.86 Å². The van der Waals surface area contributed by atoms with Crippen LogP contribution in [0.15, 0.2) is 25.3 Å². The van der Waals surface area contributed by atoms with Crippen LogP contribution in [0, 0.1) is 5.92 Å². The van der Waals surface area contributed by atoms with E-state index in [9.17, 15) is 97.4 Å². The fraction of sp³-hybridized carbons (Fsp3) is 0.854. The van der Waals surface area contributed by atoms with Crippen molar-refractivity contribution >= 4 is 56.7 Å². The lowest BCUT2D eigenvalue weighted by Gasteiger charge is -2.20. The van der Waals surface area contributed by atoms with Gasteiger partial charge >= 0.3 is 48.4 Å². The average molecular weight is 1220 g/mol. The van der Waals surface area contributed by atoms with Gasteiger partial charge in [-0.3, -0.25) is 9.59 Å². The molecule has 0 heterocycles. The number of rotatable bonds is 27. The SMILES string of the molecule is C=CCCCCCC(=O)C(C)CCCC(F)(F)C(F)(F)F.C=CCCCCCC(=O)CC.CCCCC(F)(F)C(F)(F)F.FC(F)(F)C(F)(F)CCCI.FC(F)(F)C(F)(F)CCCI. The number of ketones is 2. The van der Waals surface area contributed by atoms with E-state index in [1.54, 1.807) is 65.1 Å². The monoisotopic (exact) mass is 1220 g/mol. The summed E-state index contributed by atoms with van der Waals surface area (Å²) < 4.78 is 236. The summed E-state index contributed by atoms with van der Waals surface area (Å²) in [6.45, 7) is 12.3.